The minimum atomic E-state index is -0.497. The second-order valence-corrected chi connectivity index (χ2v) is 4.18. The molecule has 0 fully saturated rings. The van der Waals surface area contributed by atoms with E-state index in [1.54, 1.807) is 31.4 Å². The van der Waals surface area contributed by atoms with Crippen molar-refractivity contribution in [3.8, 4) is 11.8 Å². The Bertz CT molecular complexity index is 435. The minimum absolute atomic E-state index is 0.0663. The molecule has 0 radical (unpaired) electrons. The minimum Gasteiger partial charge on any atom is -0.497 e. The molecule has 0 spiro atoms. The summed E-state index contributed by atoms with van der Waals surface area (Å²) < 4.78 is 5.02. The molecule has 0 saturated carbocycles. The van der Waals surface area contributed by atoms with E-state index in [1.165, 1.54) is 0 Å². The first-order valence-corrected chi connectivity index (χ1v) is 5.68. The smallest absolute Gasteiger partial charge is 0.320 e. The fourth-order valence-corrected chi connectivity index (χ4v) is 1.33. The van der Waals surface area contributed by atoms with Crippen LogP contribution in [0.2, 0.25) is 0 Å². The van der Waals surface area contributed by atoms with Crippen LogP contribution in [-0.2, 0) is 0 Å². The molecule has 0 aromatic heterocycles. The molecule has 1 aromatic carbocycles. The molecular weight excluding hydrogens is 230 g/mol. The van der Waals surface area contributed by atoms with Gasteiger partial charge in [-0.2, -0.15) is 5.26 Å². The number of benzene rings is 1. The summed E-state index contributed by atoms with van der Waals surface area (Å²) in [5.41, 5.74) is 0.647. The van der Waals surface area contributed by atoms with E-state index in [-0.39, 0.29) is 11.9 Å². The summed E-state index contributed by atoms with van der Waals surface area (Å²) in [6, 6.07) is 8.12. The SMILES string of the molecule is COc1ccc(NC(=O)NC(C#N)C(C)C)cc1. The number of nitrogens with one attached hydrogen (secondary N) is 2. The number of hydrogen-bond acceptors (Lipinski definition) is 3. The largest absolute Gasteiger partial charge is 0.497 e. The number of carbonyl (C=O) groups is 1. The third-order valence-corrected chi connectivity index (χ3v) is 2.44. The van der Waals surface area contributed by atoms with Crippen molar-refractivity contribution in [2.75, 3.05) is 12.4 Å². The predicted molar refractivity (Wildman–Crippen MR) is 69.4 cm³/mol. The molecule has 0 aliphatic heterocycles. The Morgan fingerprint density at radius 3 is 2.39 bits per heavy atom. The highest BCUT2D eigenvalue weighted by molar-refractivity contribution is 5.89. The number of nitrogens with zero attached hydrogens (tertiary/aromatic N) is 1. The maximum atomic E-state index is 11.6. The molecule has 2 amide bonds. The average molecular weight is 247 g/mol. The van der Waals surface area contributed by atoms with Gasteiger partial charge in [0.05, 0.1) is 13.2 Å². The first kappa shape index (κ1) is 13.8. The highest BCUT2D eigenvalue weighted by Gasteiger charge is 2.14. The van der Waals surface area contributed by atoms with Crippen LogP contribution in [0, 0.1) is 17.2 Å². The lowest BCUT2D eigenvalue weighted by Gasteiger charge is -2.15. The number of methoxy groups -OCH3 is 1. The van der Waals surface area contributed by atoms with Gasteiger partial charge in [0.25, 0.3) is 0 Å². The number of hydrogen-bond donors (Lipinski definition) is 2. The quantitative estimate of drug-likeness (QED) is 0.857. The van der Waals surface area contributed by atoms with Crippen LogP contribution in [0.1, 0.15) is 13.8 Å². The van der Waals surface area contributed by atoms with Crippen LogP contribution in [0.25, 0.3) is 0 Å². The summed E-state index contributed by atoms with van der Waals surface area (Å²) in [7, 11) is 1.58. The number of urea groups is 1. The molecule has 18 heavy (non-hydrogen) atoms. The van der Waals surface area contributed by atoms with E-state index >= 15 is 0 Å². The Morgan fingerprint density at radius 2 is 1.94 bits per heavy atom. The van der Waals surface area contributed by atoms with Gasteiger partial charge in [0.1, 0.15) is 11.8 Å². The van der Waals surface area contributed by atoms with Crippen molar-refractivity contribution < 1.29 is 9.53 Å². The van der Waals surface area contributed by atoms with Crippen molar-refractivity contribution in [1.82, 2.24) is 5.32 Å². The van der Waals surface area contributed by atoms with Gasteiger partial charge in [-0.3, -0.25) is 0 Å². The molecule has 1 aromatic rings. The molecule has 0 aliphatic carbocycles. The highest BCUT2D eigenvalue weighted by atomic mass is 16.5. The second kappa shape index (κ2) is 6.50. The van der Waals surface area contributed by atoms with Crippen LogP contribution in [0.5, 0.6) is 5.75 Å². The maximum absolute atomic E-state index is 11.6. The summed E-state index contributed by atoms with van der Waals surface area (Å²) in [5.74, 6) is 0.787. The van der Waals surface area contributed by atoms with Gasteiger partial charge in [-0.05, 0) is 30.2 Å². The van der Waals surface area contributed by atoms with Gasteiger partial charge >= 0.3 is 6.03 Å². The van der Waals surface area contributed by atoms with E-state index in [9.17, 15) is 4.79 Å². The standard InChI is InChI=1S/C13H17N3O2/c1-9(2)12(8-14)16-13(17)15-10-4-6-11(18-3)7-5-10/h4-7,9,12H,1-3H3,(H2,15,16,17). The molecule has 0 heterocycles. The molecule has 96 valence electrons. The van der Waals surface area contributed by atoms with Crippen molar-refractivity contribution in [2.45, 2.75) is 19.9 Å². The molecular formula is C13H17N3O2. The lowest BCUT2D eigenvalue weighted by Crippen LogP contribution is -2.40. The number of anilines is 1. The fourth-order valence-electron chi connectivity index (χ4n) is 1.33. The van der Waals surface area contributed by atoms with E-state index in [0.29, 0.717) is 5.69 Å². The third-order valence-electron chi connectivity index (χ3n) is 2.44. The Labute approximate surface area is 107 Å². The van der Waals surface area contributed by atoms with Crippen molar-refractivity contribution in [2.24, 2.45) is 5.92 Å². The van der Waals surface area contributed by atoms with Gasteiger partial charge < -0.3 is 15.4 Å². The maximum Gasteiger partial charge on any atom is 0.320 e. The molecule has 2 N–H and O–H groups in total. The zero-order valence-electron chi connectivity index (χ0n) is 10.7. The average Bonchev–Trinajstić information content (AvgIpc) is 2.36. The Hall–Kier alpha value is -2.22. The van der Waals surface area contributed by atoms with Gasteiger partial charge in [0.2, 0.25) is 0 Å². The van der Waals surface area contributed by atoms with Crippen LogP contribution in [0.15, 0.2) is 24.3 Å². The van der Waals surface area contributed by atoms with E-state index in [1.807, 2.05) is 19.9 Å². The molecule has 0 bridgehead atoms. The number of ether oxygens (including phenoxy) is 1. The number of amides is 2. The molecule has 1 atom stereocenters. The van der Waals surface area contributed by atoms with Gasteiger partial charge in [-0.1, -0.05) is 13.8 Å². The van der Waals surface area contributed by atoms with Crippen LogP contribution in [0.3, 0.4) is 0 Å². The van der Waals surface area contributed by atoms with Crippen LogP contribution >= 0.6 is 0 Å². The first-order chi connectivity index (χ1) is 8.56. The van der Waals surface area contributed by atoms with Crippen molar-refractivity contribution in [1.29, 1.82) is 5.26 Å². The van der Waals surface area contributed by atoms with Gasteiger partial charge in [0.15, 0.2) is 0 Å². The van der Waals surface area contributed by atoms with Crippen LogP contribution < -0.4 is 15.4 Å². The monoisotopic (exact) mass is 247 g/mol. The zero-order chi connectivity index (χ0) is 13.5. The van der Waals surface area contributed by atoms with Crippen molar-refractivity contribution >= 4 is 11.7 Å². The van der Waals surface area contributed by atoms with E-state index < -0.39 is 6.04 Å². The van der Waals surface area contributed by atoms with Crippen molar-refractivity contribution in [3.05, 3.63) is 24.3 Å². The summed E-state index contributed by atoms with van der Waals surface area (Å²) >= 11 is 0. The van der Waals surface area contributed by atoms with E-state index in [0.717, 1.165) is 5.75 Å². The Balaban J connectivity index is 2.56. The van der Waals surface area contributed by atoms with Gasteiger partial charge in [-0.15, -0.1) is 0 Å². The molecule has 1 rings (SSSR count). The molecule has 5 nitrogen and oxygen atoms in total. The number of carbonyl (C=O) groups excluding carboxylic acids is 1. The normalized spacial score (nSPS) is 11.5. The van der Waals surface area contributed by atoms with Gasteiger partial charge in [0, 0.05) is 5.69 Å². The van der Waals surface area contributed by atoms with E-state index in [4.69, 9.17) is 10.00 Å². The third kappa shape index (κ3) is 3.98. The number of rotatable bonds is 4. The molecule has 0 saturated heterocycles. The molecule has 1 unspecified atom stereocenters. The summed E-state index contributed by atoms with van der Waals surface area (Å²) in [6.45, 7) is 3.75. The van der Waals surface area contributed by atoms with Gasteiger partial charge in [-0.25, -0.2) is 4.79 Å². The lowest BCUT2D eigenvalue weighted by atomic mass is 10.1. The highest BCUT2D eigenvalue weighted by Crippen LogP contribution is 2.14. The molecule has 5 heteroatoms. The topological polar surface area (TPSA) is 74.2 Å². The summed E-state index contributed by atoms with van der Waals surface area (Å²) in [4.78, 5) is 11.6. The van der Waals surface area contributed by atoms with Crippen molar-refractivity contribution in [3.63, 3.8) is 0 Å². The lowest BCUT2D eigenvalue weighted by molar-refractivity contribution is 0.248. The fraction of sp³-hybridized carbons (Fsp3) is 0.385. The number of nitriles is 1. The first-order valence-electron chi connectivity index (χ1n) is 5.68. The second-order valence-electron chi connectivity index (χ2n) is 4.18. The van der Waals surface area contributed by atoms with Crippen LogP contribution in [-0.4, -0.2) is 19.2 Å². The zero-order valence-corrected chi connectivity index (χ0v) is 10.7. The van der Waals surface area contributed by atoms with E-state index in [2.05, 4.69) is 10.6 Å². The predicted octanol–water partition coefficient (Wildman–Crippen LogP) is 2.36. The summed E-state index contributed by atoms with van der Waals surface area (Å²) in [5, 5.41) is 14.1. The van der Waals surface area contributed by atoms with Crippen LogP contribution in [0.4, 0.5) is 10.5 Å². The molecule has 0 aliphatic rings. The Morgan fingerprint density at radius 1 is 1.33 bits per heavy atom. The Kier molecular flexibility index (Phi) is 5.00. The summed E-state index contributed by atoms with van der Waals surface area (Å²) in [6.07, 6.45) is 0.